The highest BCUT2D eigenvalue weighted by atomic mass is 35.5. The van der Waals surface area contributed by atoms with Crippen molar-refractivity contribution >= 4 is 34.4 Å². The molecule has 1 unspecified atom stereocenters. The minimum absolute atomic E-state index is 0.0640. The molecular formula is C21H21ClN6O3. The number of nitrogens with one attached hydrogen (secondary N) is 2. The second-order valence-corrected chi connectivity index (χ2v) is 8.66. The Labute approximate surface area is 182 Å². The molecule has 0 aliphatic heterocycles. The zero-order valence-electron chi connectivity index (χ0n) is 17.2. The van der Waals surface area contributed by atoms with Crippen molar-refractivity contribution in [2.24, 2.45) is 5.41 Å². The fraction of sp³-hybridized carbons (Fsp3) is 0.286. The first-order valence-corrected chi connectivity index (χ1v) is 10.00. The molecule has 0 aliphatic rings. The van der Waals surface area contributed by atoms with Gasteiger partial charge in [0.05, 0.1) is 23.1 Å². The molecule has 0 aliphatic carbocycles. The number of carboxylic acids is 1. The monoisotopic (exact) mass is 440 g/mol. The van der Waals surface area contributed by atoms with Crippen molar-refractivity contribution in [2.75, 3.05) is 5.32 Å². The van der Waals surface area contributed by atoms with E-state index in [1.165, 1.54) is 6.20 Å². The molecule has 4 heterocycles. The van der Waals surface area contributed by atoms with Crippen LogP contribution >= 0.6 is 11.6 Å². The van der Waals surface area contributed by atoms with Crippen molar-refractivity contribution in [1.82, 2.24) is 25.1 Å². The molecule has 31 heavy (non-hydrogen) atoms. The molecular weight excluding hydrogens is 420 g/mol. The molecule has 4 aromatic rings. The van der Waals surface area contributed by atoms with Gasteiger partial charge in [-0.1, -0.05) is 32.4 Å². The molecule has 4 rings (SSSR count). The van der Waals surface area contributed by atoms with Gasteiger partial charge in [0.1, 0.15) is 17.2 Å². The molecule has 10 heteroatoms. The Kier molecular flexibility index (Phi) is 5.36. The normalized spacial score (nSPS) is 12.8. The predicted molar refractivity (Wildman–Crippen MR) is 117 cm³/mol. The second kappa shape index (κ2) is 7.99. The third-order valence-electron chi connectivity index (χ3n) is 4.85. The van der Waals surface area contributed by atoms with Gasteiger partial charge in [-0.25, -0.2) is 15.0 Å². The smallest absolute Gasteiger partial charge is 0.305 e. The fourth-order valence-electron chi connectivity index (χ4n) is 3.16. The summed E-state index contributed by atoms with van der Waals surface area (Å²) < 4.78 is 5.52. The third kappa shape index (κ3) is 4.51. The van der Waals surface area contributed by atoms with Crippen LogP contribution in [0.2, 0.25) is 5.02 Å². The van der Waals surface area contributed by atoms with Gasteiger partial charge in [0.2, 0.25) is 0 Å². The van der Waals surface area contributed by atoms with Crippen LogP contribution in [0.5, 0.6) is 0 Å². The van der Waals surface area contributed by atoms with E-state index in [4.69, 9.17) is 16.0 Å². The topological polar surface area (TPSA) is 130 Å². The number of anilines is 1. The van der Waals surface area contributed by atoms with Gasteiger partial charge in [0.25, 0.3) is 0 Å². The van der Waals surface area contributed by atoms with Crippen molar-refractivity contribution in [3.05, 3.63) is 41.7 Å². The van der Waals surface area contributed by atoms with Gasteiger partial charge >= 0.3 is 5.97 Å². The highest BCUT2D eigenvalue weighted by molar-refractivity contribution is 6.31. The van der Waals surface area contributed by atoms with Crippen molar-refractivity contribution in [3.63, 3.8) is 0 Å². The average molecular weight is 441 g/mol. The fourth-order valence-corrected chi connectivity index (χ4v) is 3.31. The van der Waals surface area contributed by atoms with Crippen LogP contribution in [0.4, 0.5) is 5.82 Å². The lowest BCUT2D eigenvalue weighted by Crippen LogP contribution is -2.36. The number of nitrogens with zero attached hydrogens (tertiary/aromatic N) is 4. The van der Waals surface area contributed by atoms with Crippen LogP contribution in [0.25, 0.3) is 34.0 Å². The first-order valence-electron chi connectivity index (χ1n) is 9.62. The largest absolute Gasteiger partial charge is 0.481 e. The summed E-state index contributed by atoms with van der Waals surface area (Å²) in [6, 6.07) is 6.65. The molecule has 0 bridgehead atoms. The number of halogens is 1. The summed E-state index contributed by atoms with van der Waals surface area (Å²) in [4.78, 5) is 24.9. The number of H-pyrrole nitrogens is 1. The Hall–Kier alpha value is -3.46. The summed E-state index contributed by atoms with van der Waals surface area (Å²) in [5, 5.41) is 20.9. The number of aliphatic carboxylic acids is 1. The van der Waals surface area contributed by atoms with E-state index in [0.29, 0.717) is 44.8 Å². The molecule has 0 aromatic carbocycles. The van der Waals surface area contributed by atoms with E-state index in [1.54, 1.807) is 30.5 Å². The van der Waals surface area contributed by atoms with Crippen LogP contribution in [0.3, 0.4) is 0 Å². The van der Waals surface area contributed by atoms with E-state index in [-0.39, 0.29) is 17.9 Å². The summed E-state index contributed by atoms with van der Waals surface area (Å²) in [6.45, 7) is 5.91. The Morgan fingerprint density at radius 2 is 2.13 bits per heavy atom. The maximum absolute atomic E-state index is 11.4. The number of rotatable bonds is 6. The van der Waals surface area contributed by atoms with Gasteiger partial charge in [0, 0.05) is 18.3 Å². The summed E-state index contributed by atoms with van der Waals surface area (Å²) >= 11 is 6.12. The van der Waals surface area contributed by atoms with Crippen molar-refractivity contribution in [3.8, 4) is 23.0 Å². The van der Waals surface area contributed by atoms with E-state index >= 15 is 0 Å². The number of hydrogen-bond donors (Lipinski definition) is 3. The lowest BCUT2D eigenvalue weighted by atomic mass is 9.85. The molecule has 9 nitrogen and oxygen atoms in total. The van der Waals surface area contributed by atoms with Gasteiger partial charge < -0.3 is 14.8 Å². The maximum Gasteiger partial charge on any atom is 0.305 e. The summed E-state index contributed by atoms with van der Waals surface area (Å²) in [6.07, 6.45) is 3.01. The number of pyridine rings is 1. The van der Waals surface area contributed by atoms with E-state index in [2.05, 4.69) is 30.5 Å². The Balaban J connectivity index is 1.83. The highest BCUT2D eigenvalue weighted by Crippen LogP contribution is 2.31. The first kappa shape index (κ1) is 20.8. The predicted octanol–water partition coefficient (Wildman–Crippen LogP) is 4.63. The van der Waals surface area contributed by atoms with E-state index in [0.717, 1.165) is 0 Å². The molecule has 0 saturated heterocycles. The third-order valence-corrected chi connectivity index (χ3v) is 5.05. The van der Waals surface area contributed by atoms with Crippen LogP contribution in [0, 0.1) is 5.41 Å². The standard InChI is InChI=1S/C21H21ClN6O3/c1-21(2,3)15(9-17(29)30)25-16-8-13(14-5-4-6-31-14)24-20(26-16)18-12-7-11(22)10-23-19(12)28-27-18/h4-8,10,15H,9H2,1-3H3,(H,29,30)(H,23,27,28)(H,24,25,26). The number of aromatic nitrogens is 5. The Morgan fingerprint density at radius 1 is 1.32 bits per heavy atom. The van der Waals surface area contributed by atoms with Crippen molar-refractivity contribution < 1.29 is 14.3 Å². The summed E-state index contributed by atoms with van der Waals surface area (Å²) in [5.74, 6) is 0.478. The number of furan rings is 1. The van der Waals surface area contributed by atoms with E-state index < -0.39 is 5.97 Å². The van der Waals surface area contributed by atoms with Crippen molar-refractivity contribution in [2.45, 2.75) is 33.2 Å². The Morgan fingerprint density at radius 3 is 2.81 bits per heavy atom. The minimum Gasteiger partial charge on any atom is -0.481 e. The molecule has 1 atom stereocenters. The quantitative estimate of drug-likeness (QED) is 0.395. The zero-order valence-corrected chi connectivity index (χ0v) is 17.9. The lowest BCUT2D eigenvalue weighted by Gasteiger charge is -2.31. The van der Waals surface area contributed by atoms with Crippen molar-refractivity contribution in [1.29, 1.82) is 0 Å². The number of hydrogen-bond acceptors (Lipinski definition) is 7. The molecule has 4 aromatic heterocycles. The number of carboxylic acid groups (broad SMARTS) is 1. The summed E-state index contributed by atoms with van der Waals surface area (Å²) in [5.41, 5.74) is 1.25. The molecule has 0 radical (unpaired) electrons. The van der Waals surface area contributed by atoms with Gasteiger partial charge in [-0.2, -0.15) is 5.10 Å². The van der Waals surface area contributed by atoms with Gasteiger partial charge in [-0.05, 0) is 23.6 Å². The van der Waals surface area contributed by atoms with Crippen LogP contribution in [0.1, 0.15) is 27.2 Å². The average Bonchev–Trinajstić information content (AvgIpc) is 3.36. The van der Waals surface area contributed by atoms with Crippen LogP contribution in [0.15, 0.2) is 41.1 Å². The lowest BCUT2D eigenvalue weighted by molar-refractivity contribution is -0.137. The molecule has 0 spiro atoms. The number of fused-ring (bicyclic) bond motifs is 1. The molecule has 3 N–H and O–H groups in total. The SMILES string of the molecule is CC(C)(C)C(CC(=O)O)Nc1cc(-c2ccco2)nc(-c2[nH]nc3ncc(Cl)cc23)n1. The van der Waals surface area contributed by atoms with Crippen LogP contribution in [-0.4, -0.2) is 42.3 Å². The number of aromatic amines is 1. The molecule has 0 saturated carbocycles. The second-order valence-electron chi connectivity index (χ2n) is 8.22. The molecule has 0 amide bonds. The van der Waals surface area contributed by atoms with Crippen LogP contribution < -0.4 is 5.32 Å². The minimum atomic E-state index is -0.895. The number of carbonyl (C=O) groups is 1. The van der Waals surface area contributed by atoms with Gasteiger partial charge in [0.15, 0.2) is 17.2 Å². The highest BCUT2D eigenvalue weighted by Gasteiger charge is 2.28. The maximum atomic E-state index is 11.4. The molecule has 160 valence electrons. The first-order chi connectivity index (χ1) is 14.7. The zero-order chi connectivity index (χ0) is 22.2. The van der Waals surface area contributed by atoms with Gasteiger partial charge in [-0.3, -0.25) is 9.89 Å². The van der Waals surface area contributed by atoms with E-state index in [1.807, 2.05) is 20.8 Å². The summed E-state index contributed by atoms with van der Waals surface area (Å²) in [7, 11) is 0. The van der Waals surface area contributed by atoms with Gasteiger partial charge in [-0.15, -0.1) is 0 Å². The van der Waals surface area contributed by atoms with Crippen LogP contribution in [-0.2, 0) is 4.79 Å². The Bertz CT molecular complexity index is 1230. The molecule has 0 fully saturated rings. The van der Waals surface area contributed by atoms with E-state index in [9.17, 15) is 9.90 Å².